The molecule has 31 heavy (non-hydrogen) atoms. The lowest BCUT2D eigenvalue weighted by Gasteiger charge is -2.10. The van der Waals surface area contributed by atoms with Gasteiger partial charge in [0.05, 0.1) is 22.5 Å². The number of thioether (sulfide) groups is 2. The Morgan fingerprint density at radius 1 is 1.19 bits per heavy atom. The van der Waals surface area contributed by atoms with Crippen LogP contribution in [0.5, 0.6) is 0 Å². The Balaban J connectivity index is 1.27. The number of nitrogens with one attached hydrogen (secondary N) is 1. The summed E-state index contributed by atoms with van der Waals surface area (Å²) in [6.07, 6.45) is 4.34. The third kappa shape index (κ3) is 4.78. The van der Waals surface area contributed by atoms with Crippen molar-refractivity contribution in [3.63, 3.8) is 0 Å². The molecule has 1 amide bonds. The first kappa shape index (κ1) is 20.5. The van der Waals surface area contributed by atoms with Crippen molar-refractivity contribution in [1.82, 2.24) is 19.7 Å². The average Bonchev–Trinajstić information content (AvgIpc) is 3.42. The maximum Gasteiger partial charge on any atom is 0.234 e. The second kappa shape index (κ2) is 9.02. The summed E-state index contributed by atoms with van der Waals surface area (Å²) in [6.45, 7) is 0.726. The predicted molar refractivity (Wildman–Crippen MR) is 128 cm³/mol. The van der Waals surface area contributed by atoms with E-state index in [4.69, 9.17) is 0 Å². The molecule has 1 saturated carbocycles. The van der Waals surface area contributed by atoms with Gasteiger partial charge in [0.2, 0.25) is 5.91 Å². The van der Waals surface area contributed by atoms with Crippen LogP contribution < -0.4 is 5.32 Å². The lowest BCUT2D eigenvalue weighted by atomic mass is 10.2. The second-order valence-electron chi connectivity index (χ2n) is 7.39. The molecule has 2 aromatic carbocycles. The molecular formula is C22H21N5OS3. The monoisotopic (exact) mass is 467 g/mol. The van der Waals surface area contributed by atoms with E-state index >= 15 is 0 Å². The Kier molecular flexibility index (Phi) is 5.97. The van der Waals surface area contributed by atoms with E-state index in [2.05, 4.69) is 37.2 Å². The van der Waals surface area contributed by atoms with Gasteiger partial charge in [-0.15, -0.1) is 21.5 Å². The number of nitrogens with zero attached hydrogens (tertiary/aromatic N) is 4. The summed E-state index contributed by atoms with van der Waals surface area (Å²) >= 11 is 4.70. The van der Waals surface area contributed by atoms with Crippen molar-refractivity contribution in [3.8, 4) is 0 Å². The van der Waals surface area contributed by atoms with Crippen molar-refractivity contribution in [2.24, 2.45) is 0 Å². The van der Waals surface area contributed by atoms with Gasteiger partial charge in [0.25, 0.3) is 0 Å². The summed E-state index contributed by atoms with van der Waals surface area (Å²) in [5, 5.41) is 12.6. The Morgan fingerprint density at radius 2 is 2.03 bits per heavy atom. The maximum atomic E-state index is 12.6. The second-order valence-corrected chi connectivity index (χ2v) is 10.4. The van der Waals surface area contributed by atoms with Crippen LogP contribution in [0.25, 0.3) is 10.2 Å². The number of carbonyl (C=O) groups is 1. The van der Waals surface area contributed by atoms with Crippen LogP contribution >= 0.6 is 34.9 Å². The molecule has 1 aliphatic rings. The Bertz CT molecular complexity index is 1220. The van der Waals surface area contributed by atoms with Crippen molar-refractivity contribution in [1.29, 1.82) is 0 Å². The van der Waals surface area contributed by atoms with Crippen molar-refractivity contribution in [2.45, 2.75) is 34.8 Å². The zero-order chi connectivity index (χ0) is 21.2. The molecule has 5 rings (SSSR count). The van der Waals surface area contributed by atoms with Gasteiger partial charge < -0.3 is 9.88 Å². The van der Waals surface area contributed by atoms with Gasteiger partial charge >= 0.3 is 0 Å². The van der Waals surface area contributed by atoms with E-state index in [1.807, 2.05) is 42.7 Å². The van der Waals surface area contributed by atoms with E-state index < -0.39 is 0 Å². The smallest absolute Gasteiger partial charge is 0.234 e. The Hall–Kier alpha value is -2.36. The fourth-order valence-electron chi connectivity index (χ4n) is 3.36. The molecule has 2 heterocycles. The zero-order valence-electron chi connectivity index (χ0n) is 16.9. The normalized spacial score (nSPS) is 13.6. The van der Waals surface area contributed by atoms with Gasteiger partial charge in [-0.2, -0.15) is 0 Å². The Labute approximate surface area is 192 Å². The fourth-order valence-corrected chi connectivity index (χ4v) is 5.63. The molecule has 1 N–H and O–H groups in total. The number of amides is 1. The molecule has 1 aliphatic carbocycles. The van der Waals surface area contributed by atoms with Gasteiger partial charge in [-0.25, -0.2) is 4.98 Å². The van der Waals surface area contributed by atoms with Crippen LogP contribution in [0.2, 0.25) is 0 Å². The molecule has 0 radical (unpaired) electrons. The van der Waals surface area contributed by atoms with E-state index in [1.165, 1.54) is 17.3 Å². The summed E-state index contributed by atoms with van der Waals surface area (Å²) in [5.74, 6) is 1.76. The standard InChI is InChI=1S/C22H21N5OS3/c1-29-22-24-17-10-9-16(11-18(17)31-22)23-19(28)13-30-21-26-25-20(15-7-8-15)27(21)12-14-5-3-2-4-6-14/h2-6,9-11,15H,7-8,12-13H2,1H3,(H,23,28). The summed E-state index contributed by atoms with van der Waals surface area (Å²) in [4.78, 5) is 17.1. The van der Waals surface area contributed by atoms with Crippen LogP contribution in [-0.2, 0) is 11.3 Å². The van der Waals surface area contributed by atoms with E-state index in [0.717, 1.165) is 50.6 Å². The highest BCUT2D eigenvalue weighted by Crippen LogP contribution is 2.40. The number of anilines is 1. The van der Waals surface area contributed by atoms with E-state index in [-0.39, 0.29) is 11.7 Å². The van der Waals surface area contributed by atoms with Gasteiger partial charge in [-0.1, -0.05) is 53.9 Å². The summed E-state index contributed by atoms with van der Waals surface area (Å²) in [7, 11) is 0. The highest BCUT2D eigenvalue weighted by atomic mass is 32.2. The van der Waals surface area contributed by atoms with Gasteiger partial charge in [0.15, 0.2) is 9.50 Å². The van der Waals surface area contributed by atoms with Crippen LogP contribution in [0.15, 0.2) is 58.0 Å². The van der Waals surface area contributed by atoms with Gasteiger partial charge in [0, 0.05) is 11.6 Å². The summed E-state index contributed by atoms with van der Waals surface area (Å²) in [6, 6.07) is 16.1. The first-order valence-corrected chi connectivity index (χ1v) is 13.1. The maximum absolute atomic E-state index is 12.6. The van der Waals surface area contributed by atoms with Crippen molar-refractivity contribution >= 4 is 56.7 Å². The quantitative estimate of drug-likeness (QED) is 0.356. The molecule has 1 fully saturated rings. The van der Waals surface area contributed by atoms with Crippen molar-refractivity contribution < 1.29 is 4.79 Å². The fraction of sp³-hybridized carbons (Fsp3) is 0.273. The third-order valence-corrected chi connectivity index (χ3v) is 8.00. The lowest BCUT2D eigenvalue weighted by Crippen LogP contribution is -2.15. The van der Waals surface area contributed by atoms with Gasteiger partial charge in [-0.05, 0) is 42.9 Å². The molecule has 9 heteroatoms. The van der Waals surface area contributed by atoms with Gasteiger partial charge in [0.1, 0.15) is 5.82 Å². The number of hydrogen-bond donors (Lipinski definition) is 1. The third-order valence-electron chi connectivity index (χ3n) is 5.03. The molecule has 0 atom stereocenters. The topological polar surface area (TPSA) is 72.7 Å². The SMILES string of the molecule is CSc1nc2ccc(NC(=O)CSc3nnc(C4CC4)n3Cc3ccccc3)cc2s1. The number of carbonyl (C=O) groups excluding carboxylic acids is 1. The average molecular weight is 468 g/mol. The van der Waals surface area contributed by atoms with Crippen molar-refractivity contribution in [2.75, 3.05) is 17.3 Å². The first-order valence-electron chi connectivity index (χ1n) is 10.0. The Morgan fingerprint density at radius 3 is 2.81 bits per heavy atom. The number of aromatic nitrogens is 4. The molecular weight excluding hydrogens is 446 g/mol. The minimum absolute atomic E-state index is 0.0545. The molecule has 6 nitrogen and oxygen atoms in total. The molecule has 4 aromatic rings. The summed E-state index contributed by atoms with van der Waals surface area (Å²) < 4.78 is 4.27. The molecule has 158 valence electrons. The molecule has 2 aromatic heterocycles. The van der Waals surface area contributed by atoms with Crippen LogP contribution in [0, 0.1) is 0 Å². The van der Waals surface area contributed by atoms with Gasteiger partial charge in [-0.3, -0.25) is 4.79 Å². The van der Waals surface area contributed by atoms with Crippen LogP contribution in [-0.4, -0.2) is 37.7 Å². The van der Waals surface area contributed by atoms with Crippen LogP contribution in [0.3, 0.4) is 0 Å². The molecule has 0 unspecified atom stereocenters. The van der Waals surface area contributed by atoms with E-state index in [9.17, 15) is 4.79 Å². The summed E-state index contributed by atoms with van der Waals surface area (Å²) in [5.41, 5.74) is 2.96. The molecule has 0 saturated heterocycles. The molecule has 0 aliphatic heterocycles. The van der Waals surface area contributed by atoms with E-state index in [1.54, 1.807) is 23.1 Å². The van der Waals surface area contributed by atoms with E-state index in [0.29, 0.717) is 5.92 Å². The minimum atomic E-state index is -0.0545. The van der Waals surface area contributed by atoms with Crippen LogP contribution in [0.1, 0.15) is 30.1 Å². The molecule has 0 bridgehead atoms. The van der Waals surface area contributed by atoms with Crippen LogP contribution in [0.4, 0.5) is 5.69 Å². The highest BCUT2D eigenvalue weighted by Gasteiger charge is 2.30. The largest absolute Gasteiger partial charge is 0.325 e. The number of rotatable bonds is 8. The number of hydrogen-bond acceptors (Lipinski definition) is 7. The first-order chi connectivity index (χ1) is 15.2. The number of fused-ring (bicyclic) bond motifs is 1. The number of benzene rings is 2. The zero-order valence-corrected chi connectivity index (χ0v) is 19.4. The highest BCUT2D eigenvalue weighted by molar-refractivity contribution is 8.00. The van der Waals surface area contributed by atoms with Crippen molar-refractivity contribution in [3.05, 3.63) is 59.9 Å². The minimum Gasteiger partial charge on any atom is -0.325 e. The predicted octanol–water partition coefficient (Wildman–Crippen LogP) is 5.27. The number of thiazole rings is 1. The lowest BCUT2D eigenvalue weighted by molar-refractivity contribution is -0.113. The molecule has 0 spiro atoms.